The maximum atomic E-state index is 11.0. The zero-order chi connectivity index (χ0) is 17.5. The summed E-state index contributed by atoms with van der Waals surface area (Å²) in [6.07, 6.45) is 9.26. The monoisotopic (exact) mass is 352 g/mol. The van der Waals surface area contributed by atoms with Gasteiger partial charge in [-0.25, -0.2) is 15.0 Å². The van der Waals surface area contributed by atoms with Gasteiger partial charge in [0.15, 0.2) is 0 Å². The van der Waals surface area contributed by atoms with Crippen LogP contribution in [0, 0.1) is 5.92 Å². The summed E-state index contributed by atoms with van der Waals surface area (Å²) in [6, 6.07) is 8.78. The third-order valence-corrected chi connectivity index (χ3v) is 6.60. The molecular weight excluding hydrogens is 324 g/mol. The van der Waals surface area contributed by atoms with Gasteiger partial charge in [0, 0.05) is 31.7 Å². The predicted octanol–water partition coefficient (Wildman–Crippen LogP) is 2.93. The van der Waals surface area contributed by atoms with Crippen molar-refractivity contribution in [2.45, 2.75) is 44.2 Å². The van der Waals surface area contributed by atoms with Crippen molar-refractivity contribution in [3.05, 3.63) is 42.4 Å². The van der Waals surface area contributed by atoms with E-state index in [1.54, 1.807) is 0 Å². The largest absolute Gasteiger partial charge is 0.393 e. The Balaban J connectivity index is 1.26. The van der Waals surface area contributed by atoms with Gasteiger partial charge in [0.1, 0.15) is 0 Å². The fourth-order valence-electron chi connectivity index (χ4n) is 5.13. The Bertz CT molecular complexity index is 759. The van der Waals surface area contributed by atoms with E-state index in [9.17, 15) is 5.11 Å². The average Bonchev–Trinajstić information content (AvgIpc) is 3.41. The van der Waals surface area contributed by atoms with Crippen molar-refractivity contribution in [2.24, 2.45) is 5.92 Å². The molecule has 138 valence electrons. The Morgan fingerprint density at radius 1 is 1.04 bits per heavy atom. The number of hydrazine groups is 1. The van der Waals surface area contributed by atoms with E-state index in [4.69, 9.17) is 0 Å². The van der Waals surface area contributed by atoms with Crippen molar-refractivity contribution in [3.63, 3.8) is 0 Å². The summed E-state index contributed by atoms with van der Waals surface area (Å²) in [7, 11) is 0. The molecule has 0 bridgehead atoms. The Morgan fingerprint density at radius 3 is 2.58 bits per heavy atom. The van der Waals surface area contributed by atoms with Crippen LogP contribution in [0.3, 0.4) is 0 Å². The van der Waals surface area contributed by atoms with Crippen LogP contribution in [0.2, 0.25) is 0 Å². The topological polar surface area (TPSA) is 44.5 Å². The fraction of sp³-hybridized carbons (Fsp3) is 0.571. The first-order valence-electron chi connectivity index (χ1n) is 10.1. The van der Waals surface area contributed by atoms with Crippen LogP contribution in [0.15, 0.2) is 36.8 Å². The number of hydrogen-bond donors (Lipinski definition) is 1. The minimum absolute atomic E-state index is 0.218. The van der Waals surface area contributed by atoms with Gasteiger partial charge in [0.05, 0.1) is 30.4 Å². The number of benzene rings is 1. The highest BCUT2D eigenvalue weighted by Crippen LogP contribution is 2.42. The number of hydrogen-bond acceptors (Lipinski definition) is 4. The second-order valence-electron chi connectivity index (χ2n) is 8.04. The highest BCUT2D eigenvalue weighted by atomic mass is 16.3. The lowest BCUT2D eigenvalue weighted by atomic mass is 9.87. The van der Waals surface area contributed by atoms with Gasteiger partial charge < -0.3 is 9.67 Å². The van der Waals surface area contributed by atoms with Crippen LogP contribution in [0.5, 0.6) is 0 Å². The van der Waals surface area contributed by atoms with Gasteiger partial charge >= 0.3 is 0 Å². The highest BCUT2D eigenvalue weighted by molar-refractivity contribution is 5.68. The summed E-state index contributed by atoms with van der Waals surface area (Å²) in [5.41, 5.74) is 3.78. The third kappa shape index (κ3) is 2.79. The van der Waals surface area contributed by atoms with Gasteiger partial charge in [-0.1, -0.05) is 24.3 Å². The van der Waals surface area contributed by atoms with Gasteiger partial charge in [0.2, 0.25) is 0 Å². The SMILES string of the molecule is OC(CC1c2ccccc2-c2cncn21)C1CCN(N2CCCC2)CC1. The molecule has 5 rings (SSSR count). The van der Waals surface area contributed by atoms with Crippen LogP contribution in [0.25, 0.3) is 11.3 Å². The molecule has 1 aromatic carbocycles. The van der Waals surface area contributed by atoms with Crippen molar-refractivity contribution >= 4 is 0 Å². The van der Waals surface area contributed by atoms with Gasteiger partial charge in [-0.15, -0.1) is 0 Å². The van der Waals surface area contributed by atoms with E-state index in [0.29, 0.717) is 5.92 Å². The molecule has 5 heteroatoms. The molecule has 4 heterocycles. The van der Waals surface area contributed by atoms with Crippen molar-refractivity contribution in [3.8, 4) is 11.3 Å². The minimum atomic E-state index is -0.248. The van der Waals surface area contributed by atoms with Gasteiger partial charge in [-0.05, 0) is 43.6 Å². The fourth-order valence-corrected chi connectivity index (χ4v) is 5.13. The molecule has 2 saturated heterocycles. The zero-order valence-electron chi connectivity index (χ0n) is 15.3. The number of aliphatic hydroxyl groups excluding tert-OH is 1. The molecule has 2 aromatic rings. The molecule has 26 heavy (non-hydrogen) atoms. The predicted molar refractivity (Wildman–Crippen MR) is 102 cm³/mol. The molecule has 0 spiro atoms. The first-order valence-corrected chi connectivity index (χ1v) is 10.1. The lowest BCUT2D eigenvalue weighted by Gasteiger charge is -2.39. The Labute approximate surface area is 155 Å². The molecule has 0 amide bonds. The molecule has 0 aliphatic carbocycles. The second kappa shape index (κ2) is 6.80. The molecule has 1 N–H and O–H groups in total. The van der Waals surface area contributed by atoms with E-state index in [2.05, 4.69) is 43.8 Å². The van der Waals surface area contributed by atoms with Crippen LogP contribution < -0.4 is 0 Å². The maximum Gasteiger partial charge on any atom is 0.0956 e. The number of rotatable bonds is 4. The standard InChI is InChI=1S/C21H28N4O/c26-21(16-7-11-24(12-8-16)23-9-3-4-10-23)13-19-17-5-1-2-6-18(17)20-14-22-15-25(19)20/h1-2,5-6,14-16,19,21,26H,3-4,7-13H2. The van der Waals surface area contributed by atoms with E-state index in [0.717, 1.165) is 32.4 Å². The van der Waals surface area contributed by atoms with Crippen molar-refractivity contribution in [2.75, 3.05) is 26.2 Å². The lowest BCUT2D eigenvalue weighted by Crippen LogP contribution is -2.47. The van der Waals surface area contributed by atoms with Crippen molar-refractivity contribution < 1.29 is 5.11 Å². The highest BCUT2D eigenvalue weighted by Gasteiger charge is 2.34. The quantitative estimate of drug-likeness (QED) is 0.919. The Kier molecular flexibility index (Phi) is 4.31. The molecule has 2 atom stereocenters. The average molecular weight is 352 g/mol. The first-order chi connectivity index (χ1) is 12.8. The molecule has 1 aromatic heterocycles. The lowest BCUT2D eigenvalue weighted by molar-refractivity contribution is -0.0504. The molecule has 2 unspecified atom stereocenters. The first kappa shape index (κ1) is 16.5. The van der Waals surface area contributed by atoms with Gasteiger partial charge in [-0.2, -0.15) is 0 Å². The third-order valence-electron chi connectivity index (χ3n) is 6.60. The summed E-state index contributed by atoms with van der Waals surface area (Å²) < 4.78 is 2.24. The molecule has 3 aliphatic rings. The number of fused-ring (bicyclic) bond motifs is 3. The van der Waals surface area contributed by atoms with Crippen LogP contribution in [0.1, 0.15) is 43.7 Å². The maximum absolute atomic E-state index is 11.0. The van der Waals surface area contributed by atoms with Crippen LogP contribution >= 0.6 is 0 Å². The molecule has 0 saturated carbocycles. The van der Waals surface area contributed by atoms with E-state index in [1.807, 2.05) is 12.5 Å². The van der Waals surface area contributed by atoms with E-state index in [1.165, 1.54) is 42.8 Å². The smallest absolute Gasteiger partial charge is 0.0956 e. The summed E-state index contributed by atoms with van der Waals surface area (Å²) in [5.74, 6) is 0.411. The normalized spacial score (nSPS) is 25.3. The van der Waals surface area contributed by atoms with Crippen molar-refractivity contribution in [1.29, 1.82) is 0 Å². The van der Waals surface area contributed by atoms with Gasteiger partial charge in [-0.3, -0.25) is 0 Å². The van der Waals surface area contributed by atoms with E-state index < -0.39 is 0 Å². The van der Waals surface area contributed by atoms with E-state index >= 15 is 0 Å². The zero-order valence-corrected chi connectivity index (χ0v) is 15.3. The van der Waals surface area contributed by atoms with Crippen LogP contribution in [-0.4, -0.2) is 57.0 Å². The summed E-state index contributed by atoms with van der Waals surface area (Å²) in [4.78, 5) is 4.34. The Hall–Kier alpha value is -1.69. The number of nitrogens with zero attached hydrogens (tertiary/aromatic N) is 4. The summed E-state index contributed by atoms with van der Waals surface area (Å²) >= 11 is 0. The minimum Gasteiger partial charge on any atom is -0.393 e. The number of aliphatic hydroxyl groups is 1. The molecular formula is C21H28N4O. The van der Waals surface area contributed by atoms with Crippen molar-refractivity contribution in [1.82, 2.24) is 19.6 Å². The van der Waals surface area contributed by atoms with E-state index in [-0.39, 0.29) is 12.1 Å². The summed E-state index contributed by atoms with van der Waals surface area (Å²) in [6.45, 7) is 4.63. The van der Waals surface area contributed by atoms with Crippen LogP contribution in [0.4, 0.5) is 0 Å². The number of piperidine rings is 1. The second-order valence-corrected chi connectivity index (χ2v) is 8.04. The molecule has 0 radical (unpaired) electrons. The molecule has 5 nitrogen and oxygen atoms in total. The summed E-state index contributed by atoms with van der Waals surface area (Å²) in [5, 5.41) is 16.1. The number of aromatic nitrogens is 2. The van der Waals surface area contributed by atoms with Gasteiger partial charge in [0.25, 0.3) is 0 Å². The Morgan fingerprint density at radius 2 is 1.77 bits per heavy atom. The van der Waals surface area contributed by atoms with Crippen LogP contribution in [-0.2, 0) is 0 Å². The number of imidazole rings is 1. The molecule has 3 aliphatic heterocycles. The molecule has 2 fully saturated rings.